The van der Waals surface area contributed by atoms with Crippen molar-refractivity contribution in [3.8, 4) is 5.75 Å². The number of anilines is 1. The Morgan fingerprint density at radius 2 is 1.70 bits per heavy atom. The van der Waals surface area contributed by atoms with Crippen LogP contribution in [-0.2, 0) is 10.0 Å². The molecule has 1 fully saturated rings. The van der Waals surface area contributed by atoms with Gasteiger partial charge in [-0.1, -0.05) is 19.9 Å². The van der Waals surface area contributed by atoms with Gasteiger partial charge in [-0.15, -0.1) is 0 Å². The number of amides is 1. The summed E-state index contributed by atoms with van der Waals surface area (Å²) < 4.78 is 33.6. The van der Waals surface area contributed by atoms with Crippen LogP contribution in [0, 0.1) is 25.7 Å². The lowest BCUT2D eigenvalue weighted by Gasteiger charge is -2.34. The molecule has 1 saturated heterocycles. The van der Waals surface area contributed by atoms with Gasteiger partial charge in [0, 0.05) is 24.3 Å². The number of aryl methyl sites for hydroxylation is 2. The highest BCUT2D eigenvalue weighted by Crippen LogP contribution is 2.32. The normalized spacial score (nSPS) is 20.0. The molecule has 0 aliphatic carbocycles. The van der Waals surface area contributed by atoms with Crippen LogP contribution in [0.4, 0.5) is 5.69 Å². The molecule has 2 aromatic rings. The molecular weight excluding hydrogens is 400 g/mol. The highest BCUT2D eigenvalue weighted by molar-refractivity contribution is 7.89. The van der Waals surface area contributed by atoms with Gasteiger partial charge in [-0.2, -0.15) is 4.31 Å². The molecule has 0 spiro atoms. The van der Waals surface area contributed by atoms with Crippen molar-refractivity contribution in [3.63, 3.8) is 0 Å². The molecule has 0 bridgehead atoms. The Hall–Kier alpha value is -2.38. The first kappa shape index (κ1) is 22.3. The van der Waals surface area contributed by atoms with Crippen LogP contribution in [0.15, 0.2) is 41.3 Å². The quantitative estimate of drug-likeness (QED) is 0.770. The first-order valence-electron chi connectivity index (χ1n) is 10.2. The SMILES string of the molecule is COc1ccc(C(=O)Nc2ccc(C)c(C)c2)cc1S(=O)(=O)N1CC(C)CC(C)C1. The third-order valence-corrected chi connectivity index (χ3v) is 7.50. The molecule has 2 atom stereocenters. The highest BCUT2D eigenvalue weighted by Gasteiger charge is 2.34. The van der Waals surface area contributed by atoms with E-state index in [9.17, 15) is 13.2 Å². The summed E-state index contributed by atoms with van der Waals surface area (Å²) in [6, 6.07) is 10.2. The number of benzene rings is 2. The maximum Gasteiger partial charge on any atom is 0.255 e. The van der Waals surface area contributed by atoms with Gasteiger partial charge in [-0.3, -0.25) is 4.79 Å². The van der Waals surface area contributed by atoms with Crippen molar-refractivity contribution < 1.29 is 17.9 Å². The van der Waals surface area contributed by atoms with Crippen LogP contribution >= 0.6 is 0 Å². The lowest BCUT2D eigenvalue weighted by molar-refractivity contribution is 0.102. The van der Waals surface area contributed by atoms with Crippen LogP contribution in [0.25, 0.3) is 0 Å². The molecule has 162 valence electrons. The minimum atomic E-state index is -3.78. The van der Waals surface area contributed by atoms with E-state index in [1.807, 2.05) is 32.0 Å². The first-order valence-corrected chi connectivity index (χ1v) is 11.6. The first-order chi connectivity index (χ1) is 14.1. The monoisotopic (exact) mass is 430 g/mol. The Bertz CT molecular complexity index is 1040. The van der Waals surface area contributed by atoms with E-state index in [0.29, 0.717) is 18.8 Å². The molecule has 1 aliphatic rings. The summed E-state index contributed by atoms with van der Waals surface area (Å²) in [5.41, 5.74) is 3.14. The number of rotatable bonds is 5. The molecule has 2 aromatic carbocycles. The summed E-state index contributed by atoms with van der Waals surface area (Å²) in [5, 5.41) is 2.85. The number of hydrogen-bond acceptors (Lipinski definition) is 4. The van der Waals surface area contributed by atoms with Gasteiger partial charge in [0.15, 0.2) is 0 Å². The fraction of sp³-hybridized carbons (Fsp3) is 0.435. The maximum atomic E-state index is 13.4. The second-order valence-corrected chi connectivity index (χ2v) is 10.3. The van der Waals surface area contributed by atoms with Crippen LogP contribution in [-0.4, -0.2) is 38.8 Å². The second kappa shape index (κ2) is 8.78. The van der Waals surface area contributed by atoms with Crippen molar-refractivity contribution in [3.05, 3.63) is 53.1 Å². The minimum Gasteiger partial charge on any atom is -0.495 e. The Kier molecular flexibility index (Phi) is 6.53. The van der Waals surface area contributed by atoms with Gasteiger partial charge in [0.25, 0.3) is 5.91 Å². The topological polar surface area (TPSA) is 75.7 Å². The van der Waals surface area contributed by atoms with Gasteiger partial charge < -0.3 is 10.1 Å². The fourth-order valence-electron chi connectivity index (χ4n) is 3.98. The smallest absolute Gasteiger partial charge is 0.255 e. The number of methoxy groups -OCH3 is 1. The van der Waals surface area contributed by atoms with E-state index in [2.05, 4.69) is 19.2 Å². The van der Waals surface area contributed by atoms with E-state index in [1.165, 1.54) is 17.5 Å². The lowest BCUT2D eigenvalue weighted by Crippen LogP contribution is -2.42. The van der Waals surface area contributed by atoms with Gasteiger partial charge >= 0.3 is 0 Å². The molecule has 6 nitrogen and oxygen atoms in total. The Morgan fingerprint density at radius 1 is 1.03 bits per heavy atom. The molecule has 3 rings (SSSR count). The van der Waals surface area contributed by atoms with Crippen molar-refractivity contribution in [1.82, 2.24) is 4.31 Å². The van der Waals surface area contributed by atoms with Crippen molar-refractivity contribution in [2.75, 3.05) is 25.5 Å². The Balaban J connectivity index is 1.92. The zero-order valence-corrected chi connectivity index (χ0v) is 19.0. The molecule has 2 unspecified atom stereocenters. The van der Waals surface area contributed by atoms with Gasteiger partial charge in [-0.25, -0.2) is 8.42 Å². The highest BCUT2D eigenvalue weighted by atomic mass is 32.2. The molecule has 0 aromatic heterocycles. The van der Waals surface area contributed by atoms with E-state index in [1.54, 1.807) is 12.1 Å². The summed E-state index contributed by atoms with van der Waals surface area (Å²) in [4.78, 5) is 12.8. The number of nitrogens with zero attached hydrogens (tertiary/aromatic N) is 1. The van der Waals surface area contributed by atoms with E-state index in [0.717, 1.165) is 17.5 Å². The molecule has 1 N–H and O–H groups in total. The van der Waals surface area contributed by atoms with Crippen molar-refractivity contribution >= 4 is 21.6 Å². The standard InChI is InChI=1S/C23H30N2O4S/c1-15-10-16(2)14-25(13-15)30(27,28)22-12-19(7-9-21(22)29-5)23(26)24-20-8-6-17(3)18(4)11-20/h6-9,11-12,15-16H,10,13-14H2,1-5H3,(H,24,26). The average Bonchev–Trinajstić information content (AvgIpc) is 2.69. The summed E-state index contributed by atoms with van der Waals surface area (Å²) in [5.74, 6) is 0.443. The van der Waals surface area contributed by atoms with E-state index in [-0.39, 0.29) is 34.0 Å². The Labute approximate surface area is 179 Å². The van der Waals surface area contributed by atoms with E-state index >= 15 is 0 Å². The van der Waals surface area contributed by atoms with Crippen LogP contribution in [0.5, 0.6) is 5.75 Å². The largest absolute Gasteiger partial charge is 0.495 e. The van der Waals surface area contributed by atoms with Gasteiger partial charge in [0.05, 0.1) is 7.11 Å². The zero-order chi connectivity index (χ0) is 22.1. The van der Waals surface area contributed by atoms with E-state index in [4.69, 9.17) is 4.74 Å². The molecule has 30 heavy (non-hydrogen) atoms. The summed E-state index contributed by atoms with van der Waals surface area (Å²) >= 11 is 0. The lowest BCUT2D eigenvalue weighted by atomic mass is 9.94. The van der Waals surface area contributed by atoms with Gasteiger partial charge in [0.1, 0.15) is 10.6 Å². The number of sulfonamides is 1. The Morgan fingerprint density at radius 3 is 2.30 bits per heavy atom. The zero-order valence-electron chi connectivity index (χ0n) is 18.2. The van der Waals surface area contributed by atoms with Crippen LogP contribution < -0.4 is 10.1 Å². The van der Waals surface area contributed by atoms with Crippen LogP contribution in [0.3, 0.4) is 0 Å². The number of carbonyl (C=O) groups excluding carboxylic acids is 1. The van der Waals surface area contributed by atoms with Crippen molar-refractivity contribution in [1.29, 1.82) is 0 Å². The maximum absolute atomic E-state index is 13.4. The number of carbonyl (C=O) groups is 1. The van der Waals surface area contributed by atoms with Crippen LogP contribution in [0.2, 0.25) is 0 Å². The second-order valence-electron chi connectivity index (χ2n) is 8.39. The molecular formula is C23H30N2O4S. The molecule has 0 saturated carbocycles. The molecule has 1 aliphatic heterocycles. The van der Waals surface area contributed by atoms with Crippen LogP contribution in [0.1, 0.15) is 41.8 Å². The average molecular weight is 431 g/mol. The molecule has 7 heteroatoms. The minimum absolute atomic E-state index is 0.0269. The van der Waals surface area contributed by atoms with Crippen molar-refractivity contribution in [2.45, 2.75) is 39.0 Å². The summed E-state index contributed by atoms with van der Waals surface area (Å²) in [6.07, 6.45) is 1.00. The molecule has 1 heterocycles. The number of nitrogens with one attached hydrogen (secondary N) is 1. The third-order valence-electron chi connectivity index (χ3n) is 5.64. The predicted octanol–water partition coefficient (Wildman–Crippen LogP) is 4.23. The molecule has 0 radical (unpaired) electrons. The number of piperidine rings is 1. The fourth-order valence-corrected chi connectivity index (χ4v) is 5.84. The predicted molar refractivity (Wildman–Crippen MR) is 119 cm³/mol. The number of ether oxygens (including phenoxy) is 1. The van der Waals surface area contributed by atoms with Crippen molar-refractivity contribution in [2.24, 2.45) is 11.8 Å². The molecule has 1 amide bonds. The summed E-state index contributed by atoms with van der Waals surface area (Å²) in [6.45, 7) is 9.03. The summed E-state index contributed by atoms with van der Waals surface area (Å²) in [7, 11) is -2.35. The van der Waals surface area contributed by atoms with Gasteiger partial charge in [0.2, 0.25) is 10.0 Å². The number of hydrogen-bond donors (Lipinski definition) is 1. The third kappa shape index (κ3) is 4.68. The van der Waals surface area contributed by atoms with E-state index < -0.39 is 10.0 Å². The van der Waals surface area contributed by atoms with Gasteiger partial charge in [-0.05, 0) is 73.6 Å².